The van der Waals surface area contributed by atoms with Crippen LogP contribution in [0.2, 0.25) is 0 Å². The SMILES string of the molecule is C=CCN(C[C@H]1CC(c2cccnc2)=NO1)C(=O)c1cccs1. The highest BCUT2D eigenvalue weighted by molar-refractivity contribution is 7.12. The van der Waals surface area contributed by atoms with Gasteiger partial charge >= 0.3 is 0 Å². The molecule has 0 unspecified atom stereocenters. The van der Waals surface area contributed by atoms with Crippen LogP contribution in [0.25, 0.3) is 0 Å². The van der Waals surface area contributed by atoms with Crippen LogP contribution in [0.4, 0.5) is 0 Å². The molecule has 0 bridgehead atoms. The van der Waals surface area contributed by atoms with Gasteiger partial charge in [-0.25, -0.2) is 0 Å². The van der Waals surface area contributed by atoms with Gasteiger partial charge in [-0.1, -0.05) is 17.3 Å². The lowest BCUT2D eigenvalue weighted by molar-refractivity contribution is 0.0452. The lowest BCUT2D eigenvalue weighted by Crippen LogP contribution is -2.37. The van der Waals surface area contributed by atoms with Gasteiger partial charge in [0.2, 0.25) is 0 Å². The molecule has 5 nitrogen and oxygen atoms in total. The van der Waals surface area contributed by atoms with Crippen LogP contribution in [-0.4, -0.2) is 40.7 Å². The minimum Gasteiger partial charge on any atom is -0.390 e. The number of amides is 1. The number of nitrogens with zero attached hydrogens (tertiary/aromatic N) is 3. The second-order valence-electron chi connectivity index (χ2n) is 5.19. The molecule has 3 rings (SSSR count). The van der Waals surface area contributed by atoms with Gasteiger partial charge in [-0.2, -0.15) is 0 Å². The largest absolute Gasteiger partial charge is 0.390 e. The Labute approximate surface area is 138 Å². The van der Waals surface area contributed by atoms with Crippen molar-refractivity contribution in [3.63, 3.8) is 0 Å². The summed E-state index contributed by atoms with van der Waals surface area (Å²) in [6, 6.07) is 7.53. The highest BCUT2D eigenvalue weighted by Crippen LogP contribution is 2.19. The second kappa shape index (κ2) is 7.19. The summed E-state index contributed by atoms with van der Waals surface area (Å²) in [7, 11) is 0. The zero-order chi connectivity index (χ0) is 16.1. The van der Waals surface area contributed by atoms with Gasteiger partial charge in [-0.3, -0.25) is 9.78 Å². The lowest BCUT2D eigenvalue weighted by atomic mass is 10.1. The lowest BCUT2D eigenvalue weighted by Gasteiger charge is -2.22. The molecular formula is C17H17N3O2S. The Balaban J connectivity index is 1.64. The number of aromatic nitrogens is 1. The van der Waals surface area contributed by atoms with Gasteiger partial charge in [0.05, 0.1) is 17.1 Å². The number of pyridine rings is 1. The first-order chi connectivity index (χ1) is 11.3. The first kappa shape index (κ1) is 15.4. The molecule has 0 saturated heterocycles. The number of hydrogen-bond donors (Lipinski definition) is 0. The summed E-state index contributed by atoms with van der Waals surface area (Å²) in [5, 5.41) is 6.04. The van der Waals surface area contributed by atoms with Crippen molar-refractivity contribution in [3.05, 3.63) is 65.1 Å². The van der Waals surface area contributed by atoms with E-state index < -0.39 is 0 Å². The van der Waals surface area contributed by atoms with Crippen LogP contribution in [-0.2, 0) is 4.84 Å². The molecule has 0 spiro atoms. The van der Waals surface area contributed by atoms with Crippen LogP contribution >= 0.6 is 11.3 Å². The Morgan fingerprint density at radius 3 is 3.09 bits per heavy atom. The van der Waals surface area contributed by atoms with Gasteiger partial charge in [0, 0.05) is 30.9 Å². The van der Waals surface area contributed by atoms with Gasteiger partial charge in [0.1, 0.15) is 0 Å². The van der Waals surface area contributed by atoms with E-state index in [1.54, 1.807) is 23.4 Å². The van der Waals surface area contributed by atoms with Gasteiger partial charge in [0.15, 0.2) is 6.10 Å². The van der Waals surface area contributed by atoms with Crippen LogP contribution in [0.5, 0.6) is 0 Å². The van der Waals surface area contributed by atoms with Gasteiger partial charge in [-0.05, 0) is 23.6 Å². The first-order valence-corrected chi connectivity index (χ1v) is 8.22. The zero-order valence-electron chi connectivity index (χ0n) is 12.6. The molecule has 23 heavy (non-hydrogen) atoms. The Kier molecular flexibility index (Phi) is 4.83. The third kappa shape index (κ3) is 3.65. The molecule has 6 heteroatoms. The van der Waals surface area contributed by atoms with Crippen LogP contribution < -0.4 is 0 Å². The number of oxime groups is 1. The van der Waals surface area contributed by atoms with E-state index >= 15 is 0 Å². The summed E-state index contributed by atoms with van der Waals surface area (Å²) >= 11 is 1.44. The van der Waals surface area contributed by atoms with E-state index in [0.29, 0.717) is 19.5 Å². The molecule has 2 aromatic heterocycles. The van der Waals surface area contributed by atoms with E-state index in [2.05, 4.69) is 16.7 Å². The van der Waals surface area contributed by atoms with Crippen molar-refractivity contribution in [2.24, 2.45) is 5.16 Å². The molecule has 0 radical (unpaired) electrons. The van der Waals surface area contributed by atoms with E-state index in [0.717, 1.165) is 16.2 Å². The number of rotatable bonds is 6. The van der Waals surface area contributed by atoms with E-state index in [9.17, 15) is 4.79 Å². The summed E-state index contributed by atoms with van der Waals surface area (Å²) in [6.45, 7) is 4.70. The molecule has 2 aromatic rings. The molecule has 1 aliphatic rings. The summed E-state index contributed by atoms with van der Waals surface area (Å²) in [4.78, 5) is 24.6. The summed E-state index contributed by atoms with van der Waals surface area (Å²) < 4.78 is 0. The minimum absolute atomic E-state index is 0.00155. The number of carbonyl (C=O) groups excluding carboxylic acids is 1. The molecule has 0 N–H and O–H groups in total. The third-order valence-electron chi connectivity index (χ3n) is 3.52. The Morgan fingerprint density at radius 2 is 2.39 bits per heavy atom. The fraction of sp³-hybridized carbons (Fsp3) is 0.235. The molecule has 0 fully saturated rings. The monoisotopic (exact) mass is 327 g/mol. The van der Waals surface area contributed by atoms with Crippen LogP contribution in [0.1, 0.15) is 21.7 Å². The summed E-state index contributed by atoms with van der Waals surface area (Å²) in [5.74, 6) is -0.00155. The normalized spacial score (nSPS) is 16.5. The fourth-order valence-corrected chi connectivity index (χ4v) is 3.12. The molecular weight excluding hydrogens is 310 g/mol. The highest BCUT2D eigenvalue weighted by Gasteiger charge is 2.27. The average molecular weight is 327 g/mol. The van der Waals surface area contributed by atoms with Gasteiger partial charge in [-0.15, -0.1) is 17.9 Å². The molecule has 1 aliphatic heterocycles. The quantitative estimate of drug-likeness (QED) is 0.767. The number of carbonyl (C=O) groups is 1. The standard InChI is InChI=1S/C17H17N3O2S/c1-2-8-20(17(21)16-6-4-9-23-16)12-14-10-15(19-22-14)13-5-3-7-18-11-13/h2-7,9,11,14H,1,8,10,12H2/t14-/m1/s1. The first-order valence-electron chi connectivity index (χ1n) is 7.34. The average Bonchev–Trinajstić information content (AvgIpc) is 3.26. The summed E-state index contributed by atoms with van der Waals surface area (Å²) in [5.41, 5.74) is 1.82. The van der Waals surface area contributed by atoms with E-state index in [1.807, 2.05) is 29.6 Å². The van der Waals surface area contributed by atoms with Gasteiger partial charge < -0.3 is 9.74 Å². The molecule has 1 amide bonds. The van der Waals surface area contributed by atoms with E-state index in [1.165, 1.54) is 11.3 Å². The number of hydrogen-bond acceptors (Lipinski definition) is 5. The second-order valence-corrected chi connectivity index (χ2v) is 6.14. The van der Waals surface area contributed by atoms with E-state index in [4.69, 9.17) is 4.84 Å². The molecule has 0 saturated carbocycles. The predicted octanol–water partition coefficient (Wildman–Crippen LogP) is 2.96. The molecule has 1 atom stereocenters. The summed E-state index contributed by atoms with van der Waals surface area (Å²) in [6.07, 6.45) is 5.74. The third-order valence-corrected chi connectivity index (χ3v) is 4.38. The molecule has 118 valence electrons. The van der Waals surface area contributed by atoms with Crippen molar-refractivity contribution in [1.29, 1.82) is 0 Å². The number of thiophene rings is 1. The van der Waals surface area contributed by atoms with Crippen molar-refractivity contribution >= 4 is 23.0 Å². The van der Waals surface area contributed by atoms with Crippen LogP contribution in [0.3, 0.4) is 0 Å². The van der Waals surface area contributed by atoms with Crippen molar-refractivity contribution < 1.29 is 9.63 Å². The van der Waals surface area contributed by atoms with E-state index in [-0.39, 0.29) is 12.0 Å². The van der Waals surface area contributed by atoms with Crippen molar-refractivity contribution in [2.45, 2.75) is 12.5 Å². The maximum absolute atomic E-state index is 12.5. The van der Waals surface area contributed by atoms with Crippen molar-refractivity contribution in [2.75, 3.05) is 13.1 Å². The molecule has 0 aliphatic carbocycles. The van der Waals surface area contributed by atoms with Gasteiger partial charge in [0.25, 0.3) is 5.91 Å². The maximum Gasteiger partial charge on any atom is 0.264 e. The van der Waals surface area contributed by atoms with Crippen molar-refractivity contribution in [3.8, 4) is 0 Å². The Morgan fingerprint density at radius 1 is 1.48 bits per heavy atom. The smallest absolute Gasteiger partial charge is 0.264 e. The fourth-order valence-electron chi connectivity index (χ4n) is 2.43. The van der Waals surface area contributed by atoms with Crippen LogP contribution in [0.15, 0.2) is 59.8 Å². The van der Waals surface area contributed by atoms with Crippen molar-refractivity contribution in [1.82, 2.24) is 9.88 Å². The highest BCUT2D eigenvalue weighted by atomic mass is 32.1. The van der Waals surface area contributed by atoms with Crippen LogP contribution in [0, 0.1) is 0 Å². The minimum atomic E-state index is -0.144. The Bertz CT molecular complexity index is 698. The predicted molar refractivity (Wildman–Crippen MR) is 90.7 cm³/mol. The zero-order valence-corrected chi connectivity index (χ0v) is 13.4. The maximum atomic E-state index is 12.5. The molecule has 3 heterocycles. The Hall–Kier alpha value is -2.47. The molecule has 0 aromatic carbocycles. The topological polar surface area (TPSA) is 54.8 Å².